The molecule has 17 heavy (non-hydrogen) atoms. The van der Waals surface area contributed by atoms with E-state index in [2.05, 4.69) is 15.4 Å². The van der Waals surface area contributed by atoms with Gasteiger partial charge in [0.25, 0.3) is 0 Å². The Morgan fingerprint density at radius 1 is 1.29 bits per heavy atom. The predicted molar refractivity (Wildman–Crippen MR) is 67.4 cm³/mol. The van der Waals surface area contributed by atoms with Gasteiger partial charge in [0.2, 0.25) is 0 Å². The van der Waals surface area contributed by atoms with Crippen molar-refractivity contribution in [1.82, 2.24) is 10.2 Å². The van der Waals surface area contributed by atoms with Gasteiger partial charge in [-0.05, 0) is 32.5 Å². The first-order valence-electron chi connectivity index (χ1n) is 6.30. The van der Waals surface area contributed by atoms with E-state index in [4.69, 9.17) is 15.7 Å². The molecule has 1 heterocycles. The molecule has 0 atom stereocenters. The van der Waals surface area contributed by atoms with E-state index in [0.717, 1.165) is 58.8 Å². The minimum atomic E-state index is 0.306. The van der Waals surface area contributed by atoms with Gasteiger partial charge in [0.1, 0.15) is 5.84 Å². The van der Waals surface area contributed by atoms with Gasteiger partial charge in [-0.1, -0.05) is 5.16 Å². The number of amidine groups is 1. The van der Waals surface area contributed by atoms with Crippen molar-refractivity contribution < 1.29 is 9.94 Å². The molecule has 6 nitrogen and oxygen atoms in total. The molecule has 0 saturated carbocycles. The Kier molecular flexibility index (Phi) is 7.70. The van der Waals surface area contributed by atoms with E-state index >= 15 is 0 Å². The number of ether oxygens (including phenoxy) is 1. The molecule has 1 saturated heterocycles. The number of nitrogens with zero attached hydrogens (tertiary/aromatic N) is 2. The monoisotopic (exact) mass is 244 g/mol. The predicted octanol–water partition coefficient (Wildman–Crippen LogP) is -0.175. The molecule has 0 aromatic heterocycles. The van der Waals surface area contributed by atoms with Crippen LogP contribution in [0.4, 0.5) is 0 Å². The molecule has 0 unspecified atom stereocenters. The third-order valence-electron chi connectivity index (χ3n) is 2.85. The molecular weight excluding hydrogens is 220 g/mol. The lowest BCUT2D eigenvalue weighted by Crippen LogP contribution is -2.37. The maximum Gasteiger partial charge on any atom is 0.139 e. The van der Waals surface area contributed by atoms with Gasteiger partial charge in [0, 0.05) is 19.5 Å². The molecule has 0 aromatic rings. The first-order chi connectivity index (χ1) is 8.33. The Morgan fingerprint density at radius 3 is 2.71 bits per heavy atom. The maximum atomic E-state index is 8.35. The van der Waals surface area contributed by atoms with Crippen molar-refractivity contribution in [1.29, 1.82) is 0 Å². The number of hydrogen-bond acceptors (Lipinski definition) is 5. The molecule has 1 fully saturated rings. The summed E-state index contributed by atoms with van der Waals surface area (Å²) in [5, 5.41) is 14.6. The molecular formula is C11H24N4O2. The molecule has 0 aromatic carbocycles. The van der Waals surface area contributed by atoms with Gasteiger partial charge < -0.3 is 21.0 Å². The molecule has 100 valence electrons. The molecule has 1 aliphatic heterocycles. The minimum absolute atomic E-state index is 0.306. The Hall–Kier alpha value is -0.850. The largest absolute Gasteiger partial charge is 0.409 e. The van der Waals surface area contributed by atoms with Crippen molar-refractivity contribution >= 4 is 5.84 Å². The number of nitrogens with two attached hydrogens (primary N) is 1. The van der Waals surface area contributed by atoms with Gasteiger partial charge in [0.05, 0.1) is 13.2 Å². The second-order valence-corrected chi connectivity index (χ2v) is 4.25. The van der Waals surface area contributed by atoms with Crippen LogP contribution in [0.2, 0.25) is 0 Å². The summed E-state index contributed by atoms with van der Waals surface area (Å²) in [6.07, 6.45) is 2.71. The highest BCUT2D eigenvalue weighted by Gasteiger charge is 2.08. The molecule has 6 heteroatoms. The van der Waals surface area contributed by atoms with Crippen LogP contribution in [0.1, 0.15) is 19.3 Å². The number of oxime groups is 1. The van der Waals surface area contributed by atoms with E-state index in [1.807, 2.05) is 0 Å². The fourth-order valence-electron chi connectivity index (χ4n) is 1.82. The summed E-state index contributed by atoms with van der Waals surface area (Å²) in [5.41, 5.74) is 5.37. The molecule has 0 spiro atoms. The fraction of sp³-hybridized carbons (Fsp3) is 0.909. The summed E-state index contributed by atoms with van der Waals surface area (Å²) < 4.78 is 5.29. The summed E-state index contributed by atoms with van der Waals surface area (Å²) in [4.78, 5) is 2.43. The lowest BCUT2D eigenvalue weighted by Gasteiger charge is -2.26. The van der Waals surface area contributed by atoms with Gasteiger partial charge >= 0.3 is 0 Å². The van der Waals surface area contributed by atoms with Crippen molar-refractivity contribution in [2.45, 2.75) is 19.3 Å². The summed E-state index contributed by atoms with van der Waals surface area (Å²) in [5.74, 6) is 0.306. The first kappa shape index (κ1) is 14.2. The van der Waals surface area contributed by atoms with Crippen LogP contribution in [-0.4, -0.2) is 61.9 Å². The Balaban J connectivity index is 1.84. The summed E-state index contributed by atoms with van der Waals surface area (Å²) in [6, 6.07) is 0. The molecule has 0 amide bonds. The molecule has 4 N–H and O–H groups in total. The average molecular weight is 244 g/mol. The lowest BCUT2D eigenvalue weighted by atomic mass is 10.3. The Morgan fingerprint density at radius 2 is 2.00 bits per heavy atom. The van der Waals surface area contributed by atoms with Crippen LogP contribution in [-0.2, 0) is 4.74 Å². The Bertz CT molecular complexity index is 218. The molecule has 0 bridgehead atoms. The van der Waals surface area contributed by atoms with Gasteiger partial charge in [-0.2, -0.15) is 0 Å². The average Bonchev–Trinajstić information content (AvgIpc) is 2.38. The van der Waals surface area contributed by atoms with E-state index in [9.17, 15) is 0 Å². The Labute approximate surface area is 103 Å². The normalized spacial score (nSPS) is 18.5. The van der Waals surface area contributed by atoms with Crippen molar-refractivity contribution in [3.8, 4) is 0 Å². The van der Waals surface area contributed by atoms with E-state index in [0.29, 0.717) is 12.3 Å². The zero-order chi connectivity index (χ0) is 12.3. The van der Waals surface area contributed by atoms with Gasteiger partial charge in [-0.25, -0.2) is 0 Å². The topological polar surface area (TPSA) is 83.1 Å². The highest BCUT2D eigenvalue weighted by Crippen LogP contribution is 1.97. The van der Waals surface area contributed by atoms with Crippen LogP contribution in [0.15, 0.2) is 5.16 Å². The third kappa shape index (κ3) is 7.14. The summed E-state index contributed by atoms with van der Waals surface area (Å²) >= 11 is 0. The SMILES string of the molecule is NC(CCCNCCCN1CCOCC1)=NO. The highest BCUT2D eigenvalue weighted by molar-refractivity contribution is 5.79. The summed E-state index contributed by atoms with van der Waals surface area (Å²) in [7, 11) is 0. The molecule has 0 aliphatic carbocycles. The fourth-order valence-corrected chi connectivity index (χ4v) is 1.82. The van der Waals surface area contributed by atoms with Crippen LogP contribution in [0.5, 0.6) is 0 Å². The lowest BCUT2D eigenvalue weighted by molar-refractivity contribution is 0.0374. The highest BCUT2D eigenvalue weighted by atomic mass is 16.5. The van der Waals surface area contributed by atoms with E-state index in [1.165, 1.54) is 0 Å². The smallest absolute Gasteiger partial charge is 0.139 e. The van der Waals surface area contributed by atoms with Gasteiger partial charge in [-0.15, -0.1) is 0 Å². The second-order valence-electron chi connectivity index (χ2n) is 4.25. The van der Waals surface area contributed by atoms with E-state index in [-0.39, 0.29) is 0 Å². The maximum absolute atomic E-state index is 8.35. The first-order valence-corrected chi connectivity index (χ1v) is 6.30. The van der Waals surface area contributed by atoms with Crippen LogP contribution < -0.4 is 11.1 Å². The van der Waals surface area contributed by atoms with E-state index in [1.54, 1.807) is 0 Å². The van der Waals surface area contributed by atoms with Crippen LogP contribution in [0.3, 0.4) is 0 Å². The van der Waals surface area contributed by atoms with Crippen LogP contribution in [0.25, 0.3) is 0 Å². The zero-order valence-corrected chi connectivity index (χ0v) is 10.4. The molecule has 0 radical (unpaired) electrons. The van der Waals surface area contributed by atoms with Crippen molar-refractivity contribution in [2.75, 3.05) is 45.9 Å². The van der Waals surface area contributed by atoms with Crippen LogP contribution >= 0.6 is 0 Å². The number of nitrogens with one attached hydrogen (secondary N) is 1. The number of rotatable bonds is 8. The van der Waals surface area contributed by atoms with Gasteiger partial charge in [0.15, 0.2) is 0 Å². The number of morpholine rings is 1. The quantitative estimate of drug-likeness (QED) is 0.181. The van der Waals surface area contributed by atoms with Crippen molar-refractivity contribution in [2.24, 2.45) is 10.9 Å². The van der Waals surface area contributed by atoms with Gasteiger partial charge in [-0.3, -0.25) is 4.90 Å². The van der Waals surface area contributed by atoms with E-state index < -0.39 is 0 Å². The standard InChI is InChI=1S/C11H24N4O2/c12-11(14-16)3-1-4-13-5-2-6-15-7-9-17-10-8-15/h13,16H,1-10H2,(H2,12,14). The van der Waals surface area contributed by atoms with Crippen molar-refractivity contribution in [3.05, 3.63) is 0 Å². The van der Waals surface area contributed by atoms with Crippen LogP contribution in [0, 0.1) is 0 Å². The summed E-state index contributed by atoms with van der Waals surface area (Å²) in [6.45, 7) is 6.93. The molecule has 1 aliphatic rings. The van der Waals surface area contributed by atoms with Crippen molar-refractivity contribution in [3.63, 3.8) is 0 Å². The molecule has 1 rings (SSSR count). The third-order valence-corrected chi connectivity index (χ3v) is 2.85. The number of hydrogen-bond donors (Lipinski definition) is 3. The minimum Gasteiger partial charge on any atom is -0.409 e. The zero-order valence-electron chi connectivity index (χ0n) is 10.4. The second kappa shape index (κ2) is 9.21.